The van der Waals surface area contributed by atoms with E-state index in [4.69, 9.17) is 4.84 Å². The highest BCUT2D eigenvalue weighted by atomic mass is 16.7. The fourth-order valence-electron chi connectivity index (χ4n) is 3.64. The highest BCUT2D eigenvalue weighted by molar-refractivity contribution is 5.79. The number of hydrogen-bond donors (Lipinski definition) is 2. The first-order valence-electron chi connectivity index (χ1n) is 10.3. The van der Waals surface area contributed by atoms with Gasteiger partial charge in [0.2, 0.25) is 11.8 Å². The van der Waals surface area contributed by atoms with E-state index >= 15 is 0 Å². The molecule has 2 aliphatic heterocycles. The first-order chi connectivity index (χ1) is 12.6. The lowest BCUT2D eigenvalue weighted by atomic mass is 10.1. The summed E-state index contributed by atoms with van der Waals surface area (Å²) >= 11 is 0. The Labute approximate surface area is 157 Å². The highest BCUT2D eigenvalue weighted by Gasteiger charge is 2.31. The Morgan fingerprint density at radius 1 is 1.12 bits per heavy atom. The van der Waals surface area contributed by atoms with Crippen LogP contribution in [0, 0.1) is 5.92 Å². The molecule has 2 aliphatic rings. The monoisotopic (exact) mass is 368 g/mol. The van der Waals surface area contributed by atoms with Crippen LogP contribution in [-0.2, 0) is 14.4 Å². The van der Waals surface area contributed by atoms with Crippen molar-refractivity contribution in [2.45, 2.75) is 84.5 Å². The molecule has 0 bridgehead atoms. The van der Waals surface area contributed by atoms with Crippen LogP contribution in [0.4, 0.5) is 0 Å². The van der Waals surface area contributed by atoms with Gasteiger partial charge in [0.15, 0.2) is 0 Å². The molecule has 3 unspecified atom stereocenters. The number of likely N-dealkylation sites (tertiary alicyclic amines) is 2. The number of carbonyl (C=O) groups is 2. The fraction of sp³-hybridized carbons (Fsp3) is 0.895. The molecule has 7 nitrogen and oxygen atoms in total. The second kappa shape index (κ2) is 10.8. The Bertz CT molecular complexity index is 460. The van der Waals surface area contributed by atoms with Gasteiger partial charge in [0.25, 0.3) is 0 Å². The number of hydroxylamine groups is 1. The van der Waals surface area contributed by atoms with Gasteiger partial charge < -0.3 is 9.80 Å². The predicted molar refractivity (Wildman–Crippen MR) is 101 cm³/mol. The fourth-order valence-corrected chi connectivity index (χ4v) is 3.64. The second-order valence-corrected chi connectivity index (χ2v) is 7.46. The van der Waals surface area contributed by atoms with Gasteiger partial charge in [-0.15, -0.1) is 0 Å². The van der Waals surface area contributed by atoms with E-state index in [1.807, 2.05) is 23.6 Å². The minimum atomic E-state index is -0.0393. The van der Waals surface area contributed by atoms with E-state index in [0.717, 1.165) is 58.0 Å². The molecule has 7 heteroatoms. The molecule has 0 aromatic carbocycles. The molecule has 0 spiro atoms. The molecule has 0 aromatic heterocycles. The summed E-state index contributed by atoms with van der Waals surface area (Å²) in [6, 6.07) is 0. The molecule has 2 fully saturated rings. The Balaban J connectivity index is 1.70. The van der Waals surface area contributed by atoms with E-state index in [1.165, 1.54) is 0 Å². The zero-order valence-electron chi connectivity index (χ0n) is 16.6. The normalized spacial score (nSPS) is 24.3. The van der Waals surface area contributed by atoms with Crippen LogP contribution >= 0.6 is 0 Å². The molecular weight excluding hydrogens is 332 g/mol. The van der Waals surface area contributed by atoms with Gasteiger partial charge in [-0.1, -0.05) is 27.2 Å². The SMILES string of the molecule is CCCCC(=O)N1CCCC1NOCNC1CCCN1C(=O)C(C)CC. The summed E-state index contributed by atoms with van der Waals surface area (Å²) in [5.41, 5.74) is 3.03. The highest BCUT2D eigenvalue weighted by Crippen LogP contribution is 2.19. The third-order valence-electron chi connectivity index (χ3n) is 5.50. The van der Waals surface area contributed by atoms with Crippen molar-refractivity contribution in [2.75, 3.05) is 19.8 Å². The van der Waals surface area contributed by atoms with Crippen LogP contribution in [-0.4, -0.2) is 53.8 Å². The largest absolute Gasteiger partial charge is 0.327 e. The number of unbranched alkanes of at least 4 members (excludes halogenated alkanes) is 1. The molecule has 2 heterocycles. The lowest BCUT2D eigenvalue weighted by Crippen LogP contribution is -2.49. The third-order valence-corrected chi connectivity index (χ3v) is 5.50. The maximum absolute atomic E-state index is 12.4. The quantitative estimate of drug-likeness (QED) is 0.351. The van der Waals surface area contributed by atoms with Crippen molar-refractivity contribution in [3.63, 3.8) is 0 Å². The van der Waals surface area contributed by atoms with E-state index in [2.05, 4.69) is 17.7 Å². The molecule has 0 aromatic rings. The number of nitrogens with zero attached hydrogens (tertiary/aromatic N) is 2. The van der Waals surface area contributed by atoms with Crippen LogP contribution in [0.25, 0.3) is 0 Å². The third kappa shape index (κ3) is 5.66. The second-order valence-electron chi connectivity index (χ2n) is 7.46. The molecule has 2 rings (SSSR count). The smallest absolute Gasteiger partial charge is 0.226 e. The Morgan fingerprint density at radius 3 is 2.50 bits per heavy atom. The van der Waals surface area contributed by atoms with Crippen LogP contribution in [0.5, 0.6) is 0 Å². The van der Waals surface area contributed by atoms with Gasteiger partial charge in [0.1, 0.15) is 12.9 Å². The van der Waals surface area contributed by atoms with Crippen molar-refractivity contribution in [3.05, 3.63) is 0 Å². The lowest BCUT2D eigenvalue weighted by Gasteiger charge is -2.29. The molecule has 2 amide bonds. The molecule has 0 aliphatic carbocycles. The molecule has 0 saturated carbocycles. The van der Waals surface area contributed by atoms with Crippen LogP contribution < -0.4 is 10.8 Å². The minimum absolute atomic E-state index is 0.0393. The van der Waals surface area contributed by atoms with Crippen molar-refractivity contribution in [2.24, 2.45) is 5.92 Å². The minimum Gasteiger partial charge on any atom is -0.327 e. The first-order valence-corrected chi connectivity index (χ1v) is 10.3. The lowest BCUT2D eigenvalue weighted by molar-refractivity contribution is -0.139. The maximum atomic E-state index is 12.4. The van der Waals surface area contributed by atoms with Gasteiger partial charge in [0, 0.05) is 25.4 Å². The van der Waals surface area contributed by atoms with E-state index < -0.39 is 0 Å². The summed E-state index contributed by atoms with van der Waals surface area (Å²) in [6.07, 6.45) is 7.35. The van der Waals surface area contributed by atoms with E-state index in [9.17, 15) is 9.59 Å². The van der Waals surface area contributed by atoms with E-state index in [0.29, 0.717) is 13.2 Å². The summed E-state index contributed by atoms with van der Waals surface area (Å²) in [7, 11) is 0. The molecule has 26 heavy (non-hydrogen) atoms. The van der Waals surface area contributed by atoms with Crippen molar-refractivity contribution in [1.29, 1.82) is 0 Å². The predicted octanol–water partition coefficient (Wildman–Crippen LogP) is 2.19. The number of hydrogen-bond acceptors (Lipinski definition) is 5. The van der Waals surface area contributed by atoms with E-state index in [1.54, 1.807) is 0 Å². The van der Waals surface area contributed by atoms with Crippen LogP contribution in [0.15, 0.2) is 0 Å². The van der Waals surface area contributed by atoms with Gasteiger partial charge in [-0.25, -0.2) is 0 Å². The van der Waals surface area contributed by atoms with Gasteiger partial charge in [-0.3, -0.25) is 19.7 Å². The van der Waals surface area contributed by atoms with Crippen molar-refractivity contribution >= 4 is 11.8 Å². The molecular formula is C19H36N4O3. The first kappa shape index (κ1) is 21.1. The molecule has 2 saturated heterocycles. The molecule has 150 valence electrons. The summed E-state index contributed by atoms with van der Waals surface area (Å²) in [6.45, 7) is 8.07. The Hall–Kier alpha value is -1.18. The number of nitrogens with one attached hydrogen (secondary N) is 2. The molecule has 0 radical (unpaired) electrons. The topological polar surface area (TPSA) is 73.9 Å². The van der Waals surface area contributed by atoms with Crippen molar-refractivity contribution < 1.29 is 14.4 Å². The van der Waals surface area contributed by atoms with E-state index in [-0.39, 0.29) is 30.1 Å². The number of rotatable bonds is 10. The molecule has 2 N–H and O–H groups in total. The zero-order valence-corrected chi connectivity index (χ0v) is 16.6. The molecule has 3 atom stereocenters. The van der Waals surface area contributed by atoms with Crippen LogP contribution in [0.1, 0.15) is 72.1 Å². The summed E-state index contributed by atoms with van der Waals surface area (Å²) in [5, 5.41) is 3.31. The average molecular weight is 369 g/mol. The van der Waals surface area contributed by atoms with Gasteiger partial charge in [0.05, 0.1) is 6.17 Å². The van der Waals surface area contributed by atoms with Crippen molar-refractivity contribution in [3.8, 4) is 0 Å². The number of carbonyl (C=O) groups excluding carboxylic acids is 2. The van der Waals surface area contributed by atoms with Gasteiger partial charge in [-0.2, -0.15) is 5.48 Å². The van der Waals surface area contributed by atoms with Gasteiger partial charge in [-0.05, 0) is 38.5 Å². The Kier molecular flexibility index (Phi) is 8.81. The van der Waals surface area contributed by atoms with Crippen LogP contribution in [0.3, 0.4) is 0 Å². The number of amides is 2. The van der Waals surface area contributed by atoms with Crippen molar-refractivity contribution in [1.82, 2.24) is 20.6 Å². The maximum Gasteiger partial charge on any atom is 0.226 e. The average Bonchev–Trinajstić information content (AvgIpc) is 3.31. The zero-order chi connectivity index (χ0) is 18.9. The summed E-state index contributed by atoms with van der Waals surface area (Å²) < 4.78 is 0. The Morgan fingerprint density at radius 2 is 1.81 bits per heavy atom. The summed E-state index contributed by atoms with van der Waals surface area (Å²) in [5.74, 6) is 0.496. The van der Waals surface area contributed by atoms with Gasteiger partial charge >= 0.3 is 0 Å². The van der Waals surface area contributed by atoms with Crippen LogP contribution in [0.2, 0.25) is 0 Å². The standard InChI is InChI=1S/C19H36N4O3/c1-4-6-11-18(24)22-12-8-10-17(22)21-26-14-20-16-9-7-13-23(16)19(25)15(3)5-2/h15-17,20-21H,4-14H2,1-3H3. The summed E-state index contributed by atoms with van der Waals surface area (Å²) in [4.78, 5) is 34.1.